The first-order chi connectivity index (χ1) is 22.7. The SMILES string of the molecule is Cc1ccc(I)c(NC(=O)N[C@@H](CC(=O)N2CCC(N3Cc4ccccc4NC3=O)CC2)C(=O)N2CCC(N3CCCCC3)CC2)c1. The smallest absolute Gasteiger partial charge is 0.322 e. The summed E-state index contributed by atoms with van der Waals surface area (Å²) in [6.45, 7) is 6.98. The van der Waals surface area contributed by atoms with Crippen LogP contribution in [0.15, 0.2) is 42.5 Å². The molecule has 4 aliphatic heterocycles. The molecule has 2 aromatic carbocycles. The molecule has 1 atom stereocenters. The molecule has 0 spiro atoms. The molecule has 3 fully saturated rings. The van der Waals surface area contributed by atoms with Gasteiger partial charge >= 0.3 is 12.1 Å². The second-order valence-electron chi connectivity index (χ2n) is 13.3. The molecule has 11 nitrogen and oxygen atoms in total. The molecule has 0 unspecified atom stereocenters. The van der Waals surface area contributed by atoms with E-state index < -0.39 is 12.1 Å². The molecular weight excluding hydrogens is 709 g/mol. The minimum atomic E-state index is -0.974. The molecule has 47 heavy (non-hydrogen) atoms. The van der Waals surface area contributed by atoms with E-state index in [0.29, 0.717) is 57.3 Å². The number of likely N-dealkylation sites (tertiary alicyclic amines) is 3. The Morgan fingerprint density at radius 3 is 2.32 bits per heavy atom. The van der Waals surface area contributed by atoms with Crippen LogP contribution < -0.4 is 16.0 Å². The van der Waals surface area contributed by atoms with Crippen molar-refractivity contribution < 1.29 is 19.2 Å². The molecule has 0 aromatic heterocycles. The highest BCUT2D eigenvalue weighted by atomic mass is 127. The van der Waals surface area contributed by atoms with E-state index in [-0.39, 0.29) is 30.3 Å². The number of hydrogen-bond acceptors (Lipinski definition) is 5. The highest BCUT2D eigenvalue weighted by Gasteiger charge is 2.36. The van der Waals surface area contributed by atoms with Crippen molar-refractivity contribution in [2.45, 2.75) is 83.0 Å². The zero-order chi connectivity index (χ0) is 32.9. The molecule has 3 N–H and O–H groups in total. The van der Waals surface area contributed by atoms with Gasteiger partial charge in [-0.3, -0.25) is 9.59 Å². The van der Waals surface area contributed by atoms with E-state index in [4.69, 9.17) is 0 Å². The Labute approximate surface area is 290 Å². The molecule has 3 saturated heterocycles. The summed E-state index contributed by atoms with van der Waals surface area (Å²) in [7, 11) is 0. The third kappa shape index (κ3) is 8.19. The van der Waals surface area contributed by atoms with Gasteiger partial charge < -0.3 is 35.6 Å². The number of urea groups is 2. The molecule has 4 heterocycles. The molecule has 6 rings (SSSR count). The number of carbonyl (C=O) groups excluding carboxylic acids is 4. The van der Waals surface area contributed by atoms with Gasteiger partial charge in [-0.1, -0.05) is 30.7 Å². The molecule has 0 radical (unpaired) electrons. The number of para-hydroxylation sites is 1. The van der Waals surface area contributed by atoms with Gasteiger partial charge in [-0.2, -0.15) is 0 Å². The number of carbonyl (C=O) groups is 4. The van der Waals surface area contributed by atoms with E-state index in [1.165, 1.54) is 19.3 Å². The average molecular weight is 756 g/mol. The molecule has 0 aliphatic carbocycles. The van der Waals surface area contributed by atoms with Crippen molar-refractivity contribution in [3.05, 3.63) is 57.2 Å². The number of benzene rings is 2. The highest BCUT2D eigenvalue weighted by molar-refractivity contribution is 14.1. The van der Waals surface area contributed by atoms with Gasteiger partial charge in [0.1, 0.15) is 6.04 Å². The second kappa shape index (κ2) is 15.2. The monoisotopic (exact) mass is 755 g/mol. The first kappa shape index (κ1) is 33.5. The van der Waals surface area contributed by atoms with E-state index in [2.05, 4.69) is 43.4 Å². The number of aryl methyl sites for hydroxylation is 1. The summed E-state index contributed by atoms with van der Waals surface area (Å²) in [5, 5.41) is 8.75. The minimum Gasteiger partial charge on any atom is -0.342 e. The predicted molar refractivity (Wildman–Crippen MR) is 190 cm³/mol. The topological polar surface area (TPSA) is 117 Å². The quantitative estimate of drug-likeness (QED) is 0.345. The van der Waals surface area contributed by atoms with Crippen LogP contribution in [-0.4, -0.2) is 101 Å². The molecular formula is C35H46IN7O4. The lowest BCUT2D eigenvalue weighted by Gasteiger charge is -2.41. The largest absolute Gasteiger partial charge is 0.342 e. The summed E-state index contributed by atoms with van der Waals surface area (Å²) in [4.78, 5) is 61.8. The maximum absolute atomic E-state index is 14.0. The molecule has 252 valence electrons. The van der Waals surface area contributed by atoms with Gasteiger partial charge in [0.15, 0.2) is 0 Å². The van der Waals surface area contributed by atoms with Crippen LogP contribution >= 0.6 is 22.6 Å². The fourth-order valence-corrected chi connectivity index (χ4v) is 7.93. The van der Waals surface area contributed by atoms with Crippen LogP contribution in [0.1, 0.15) is 62.5 Å². The minimum absolute atomic E-state index is 0.0201. The summed E-state index contributed by atoms with van der Waals surface area (Å²) >= 11 is 2.17. The Morgan fingerprint density at radius 1 is 0.894 bits per heavy atom. The number of anilines is 2. The van der Waals surface area contributed by atoms with Gasteiger partial charge in [0.25, 0.3) is 0 Å². The van der Waals surface area contributed by atoms with Crippen LogP contribution in [0.2, 0.25) is 0 Å². The highest BCUT2D eigenvalue weighted by Crippen LogP contribution is 2.28. The Bertz CT molecular complexity index is 1470. The Hall–Kier alpha value is -3.39. The van der Waals surface area contributed by atoms with Gasteiger partial charge in [-0.25, -0.2) is 9.59 Å². The number of piperidine rings is 3. The summed E-state index contributed by atoms with van der Waals surface area (Å²) in [6.07, 6.45) is 6.78. The number of rotatable bonds is 7. The fourth-order valence-electron chi connectivity index (χ4n) is 7.45. The molecule has 4 aliphatic rings. The zero-order valence-electron chi connectivity index (χ0n) is 27.2. The van der Waals surface area contributed by atoms with E-state index in [9.17, 15) is 19.2 Å². The first-order valence-corrected chi connectivity index (χ1v) is 18.1. The van der Waals surface area contributed by atoms with Crippen molar-refractivity contribution in [1.82, 2.24) is 24.9 Å². The van der Waals surface area contributed by atoms with Crippen LogP contribution in [0.5, 0.6) is 0 Å². The van der Waals surface area contributed by atoms with Crippen LogP contribution in [0.4, 0.5) is 21.0 Å². The number of amides is 6. The maximum atomic E-state index is 14.0. The van der Waals surface area contributed by atoms with Crippen molar-refractivity contribution >= 4 is 57.8 Å². The second-order valence-corrected chi connectivity index (χ2v) is 14.5. The van der Waals surface area contributed by atoms with Crippen LogP contribution in [0, 0.1) is 10.5 Å². The predicted octanol–water partition coefficient (Wildman–Crippen LogP) is 5.00. The average Bonchev–Trinajstić information content (AvgIpc) is 3.09. The Kier molecular flexibility index (Phi) is 10.9. The fraction of sp³-hybridized carbons (Fsp3) is 0.543. The Balaban J connectivity index is 1.08. The van der Waals surface area contributed by atoms with Gasteiger partial charge in [-0.15, -0.1) is 0 Å². The number of nitrogens with one attached hydrogen (secondary N) is 3. The summed E-state index contributed by atoms with van der Waals surface area (Å²) in [6, 6.07) is 12.5. The van der Waals surface area contributed by atoms with E-state index in [1.54, 1.807) is 4.90 Å². The lowest BCUT2D eigenvalue weighted by molar-refractivity contribution is -0.140. The van der Waals surface area contributed by atoms with Gasteiger partial charge in [-0.05, 0) is 110 Å². The molecule has 12 heteroatoms. The van der Waals surface area contributed by atoms with E-state index >= 15 is 0 Å². The molecule has 0 saturated carbocycles. The van der Waals surface area contributed by atoms with Gasteiger partial charge in [0.05, 0.1) is 12.1 Å². The van der Waals surface area contributed by atoms with E-state index in [1.807, 2.05) is 59.2 Å². The summed E-state index contributed by atoms with van der Waals surface area (Å²) < 4.78 is 0.885. The standard InChI is InChI=1S/C35H46IN7O4/c1-24-9-10-28(36)30(21-24)37-34(46)38-31(33(45)42-19-11-26(12-20-42)40-15-5-2-6-16-40)22-32(44)41-17-13-27(14-18-41)43-23-25-7-3-4-8-29(25)39-35(43)47/h3-4,7-10,21,26-27,31H,2,5-6,11-20,22-23H2,1H3,(H,39,47)(H2,37,38,46)/t31-/m0/s1. The zero-order valence-corrected chi connectivity index (χ0v) is 29.3. The van der Waals surface area contributed by atoms with Crippen molar-refractivity contribution in [3.8, 4) is 0 Å². The molecule has 6 amide bonds. The van der Waals surface area contributed by atoms with Gasteiger partial charge in [0, 0.05) is 54.1 Å². The first-order valence-electron chi connectivity index (χ1n) is 17.0. The normalized spacial score (nSPS) is 20.3. The molecule has 2 aromatic rings. The summed E-state index contributed by atoms with van der Waals surface area (Å²) in [5.74, 6) is -0.369. The number of halogens is 1. The van der Waals surface area contributed by atoms with Crippen LogP contribution in [-0.2, 0) is 16.1 Å². The van der Waals surface area contributed by atoms with Crippen molar-refractivity contribution in [2.24, 2.45) is 0 Å². The van der Waals surface area contributed by atoms with E-state index in [0.717, 1.165) is 46.3 Å². The van der Waals surface area contributed by atoms with Crippen LogP contribution in [0.25, 0.3) is 0 Å². The lowest BCUT2D eigenvalue weighted by Crippen LogP contribution is -2.56. The maximum Gasteiger partial charge on any atom is 0.322 e. The van der Waals surface area contributed by atoms with Crippen molar-refractivity contribution in [1.29, 1.82) is 0 Å². The molecule has 0 bridgehead atoms. The summed E-state index contributed by atoms with van der Waals surface area (Å²) in [5.41, 5.74) is 3.60. The number of hydrogen-bond donors (Lipinski definition) is 3. The Morgan fingerprint density at radius 2 is 1.57 bits per heavy atom. The van der Waals surface area contributed by atoms with Crippen LogP contribution in [0.3, 0.4) is 0 Å². The third-order valence-electron chi connectivity index (χ3n) is 10.2. The number of nitrogens with zero attached hydrogens (tertiary/aromatic N) is 4. The third-order valence-corrected chi connectivity index (χ3v) is 11.1. The number of fused-ring (bicyclic) bond motifs is 1. The van der Waals surface area contributed by atoms with Crippen molar-refractivity contribution in [2.75, 3.05) is 49.9 Å². The van der Waals surface area contributed by atoms with Gasteiger partial charge in [0.2, 0.25) is 11.8 Å². The lowest BCUT2D eigenvalue weighted by atomic mass is 9.98. The van der Waals surface area contributed by atoms with Crippen molar-refractivity contribution in [3.63, 3.8) is 0 Å².